The predicted octanol–water partition coefficient (Wildman–Crippen LogP) is 4.55. The molecule has 4 rings (SSSR count). The van der Waals surface area contributed by atoms with Gasteiger partial charge in [-0.1, -0.05) is 11.1 Å². The van der Waals surface area contributed by atoms with Crippen molar-refractivity contribution >= 4 is 36.2 Å². The van der Waals surface area contributed by atoms with Gasteiger partial charge in [0.15, 0.2) is 0 Å². The molecule has 0 unspecified atom stereocenters. The van der Waals surface area contributed by atoms with Gasteiger partial charge in [0.1, 0.15) is 0 Å². The molecule has 20 heavy (non-hydrogen) atoms. The molecule has 1 aromatic heterocycles. The van der Waals surface area contributed by atoms with Crippen LogP contribution in [0.25, 0.3) is 0 Å². The first kappa shape index (κ1) is 16.3. The van der Waals surface area contributed by atoms with E-state index in [1.807, 2.05) is 11.3 Å². The number of hydrogen-bond donors (Lipinski definition) is 0. The van der Waals surface area contributed by atoms with E-state index in [-0.39, 0.29) is 24.8 Å². The Morgan fingerprint density at radius 3 is 2.30 bits per heavy atom. The number of thiazole rings is 1. The lowest BCUT2D eigenvalue weighted by Crippen LogP contribution is -2.30. The number of aromatic nitrogens is 1. The molecule has 0 aromatic carbocycles. The second-order valence-corrected chi connectivity index (χ2v) is 6.82. The molecule has 1 aliphatic heterocycles. The maximum atomic E-state index is 4.80. The Morgan fingerprint density at radius 1 is 1.05 bits per heavy atom. The van der Waals surface area contributed by atoms with Gasteiger partial charge in [-0.05, 0) is 38.5 Å². The quantitative estimate of drug-likeness (QED) is 0.755. The summed E-state index contributed by atoms with van der Waals surface area (Å²) in [5.74, 6) is 0.816. The fourth-order valence-corrected chi connectivity index (χ4v) is 3.87. The molecule has 5 heteroatoms. The lowest BCUT2D eigenvalue weighted by atomic mass is 10.0. The second kappa shape index (κ2) is 6.78. The van der Waals surface area contributed by atoms with Gasteiger partial charge < -0.3 is 0 Å². The molecule has 0 bridgehead atoms. The molecule has 2 nitrogen and oxygen atoms in total. The summed E-state index contributed by atoms with van der Waals surface area (Å²) >= 11 is 1.88. The first-order valence-electron chi connectivity index (χ1n) is 7.25. The van der Waals surface area contributed by atoms with Crippen LogP contribution < -0.4 is 0 Å². The number of likely N-dealkylation sites (tertiary alicyclic amines) is 1. The number of hydrogen-bond acceptors (Lipinski definition) is 3. The van der Waals surface area contributed by atoms with Crippen LogP contribution >= 0.6 is 36.2 Å². The average molecular weight is 333 g/mol. The molecule has 3 fully saturated rings. The number of allylic oxidation sites excluding steroid dienone is 1. The zero-order chi connectivity index (χ0) is 11.9. The Labute approximate surface area is 137 Å². The highest BCUT2D eigenvalue weighted by Crippen LogP contribution is 2.41. The third-order valence-corrected chi connectivity index (χ3v) is 5.40. The van der Waals surface area contributed by atoms with Crippen LogP contribution in [0.2, 0.25) is 0 Å². The third-order valence-electron chi connectivity index (χ3n) is 4.34. The van der Waals surface area contributed by atoms with Crippen molar-refractivity contribution in [2.75, 3.05) is 13.1 Å². The third kappa shape index (κ3) is 3.76. The van der Waals surface area contributed by atoms with Gasteiger partial charge in [0.05, 0.1) is 10.7 Å². The van der Waals surface area contributed by atoms with E-state index in [1.165, 1.54) is 62.3 Å². The SMILES string of the molecule is Cl.Cl.c1sc(C2CC2)nc1CN1CCC(=C2CC2)CC1. The topological polar surface area (TPSA) is 16.1 Å². The molecule has 0 spiro atoms. The normalized spacial score (nSPS) is 22.2. The largest absolute Gasteiger partial charge is 0.297 e. The van der Waals surface area contributed by atoms with Crippen molar-refractivity contribution in [2.45, 2.75) is 51.0 Å². The standard InChI is InChI=1S/C15H20N2S.2ClH/c1-2-11(1)12-5-7-17(8-6-12)9-14-10-18-15(16-14)13-3-4-13;;/h10,13H,1-9H2;2*1H. The van der Waals surface area contributed by atoms with Gasteiger partial charge in [0, 0.05) is 30.9 Å². The molecular weight excluding hydrogens is 311 g/mol. The summed E-state index contributed by atoms with van der Waals surface area (Å²) in [4.78, 5) is 7.38. The monoisotopic (exact) mass is 332 g/mol. The lowest BCUT2D eigenvalue weighted by molar-refractivity contribution is 0.245. The summed E-state index contributed by atoms with van der Waals surface area (Å²) in [7, 11) is 0. The molecule has 2 saturated carbocycles. The number of piperidine rings is 1. The molecule has 2 aliphatic carbocycles. The molecule has 1 saturated heterocycles. The maximum absolute atomic E-state index is 4.80. The molecule has 0 N–H and O–H groups in total. The van der Waals surface area contributed by atoms with E-state index in [9.17, 15) is 0 Å². The van der Waals surface area contributed by atoms with Gasteiger partial charge in [-0.15, -0.1) is 36.2 Å². The predicted molar refractivity (Wildman–Crippen MR) is 89.4 cm³/mol. The van der Waals surface area contributed by atoms with Gasteiger partial charge in [0.2, 0.25) is 0 Å². The summed E-state index contributed by atoms with van der Waals surface area (Å²) in [6, 6.07) is 0. The van der Waals surface area contributed by atoms with Crippen molar-refractivity contribution in [3.63, 3.8) is 0 Å². The molecule has 2 heterocycles. The van der Waals surface area contributed by atoms with Gasteiger partial charge >= 0.3 is 0 Å². The number of nitrogens with zero attached hydrogens (tertiary/aromatic N) is 2. The molecule has 0 radical (unpaired) electrons. The van der Waals surface area contributed by atoms with Crippen LogP contribution in [0.4, 0.5) is 0 Å². The van der Waals surface area contributed by atoms with Crippen LogP contribution in [0.1, 0.15) is 55.1 Å². The lowest BCUT2D eigenvalue weighted by Gasteiger charge is -2.27. The van der Waals surface area contributed by atoms with E-state index >= 15 is 0 Å². The molecule has 1 aromatic rings. The molecule has 0 amide bonds. The van der Waals surface area contributed by atoms with E-state index in [0.29, 0.717) is 0 Å². The van der Waals surface area contributed by atoms with E-state index < -0.39 is 0 Å². The zero-order valence-corrected chi connectivity index (χ0v) is 14.1. The van der Waals surface area contributed by atoms with E-state index in [2.05, 4.69) is 10.3 Å². The Kier molecular flexibility index (Phi) is 5.52. The summed E-state index contributed by atoms with van der Waals surface area (Å²) in [6.07, 6.45) is 8.16. The average Bonchev–Trinajstić information content (AvgIpc) is 3.30. The highest BCUT2D eigenvalue weighted by Gasteiger charge is 2.27. The number of halogens is 2. The molecule has 3 aliphatic rings. The van der Waals surface area contributed by atoms with Gasteiger partial charge in [-0.2, -0.15) is 0 Å². The van der Waals surface area contributed by atoms with E-state index in [1.54, 1.807) is 11.1 Å². The van der Waals surface area contributed by atoms with Crippen molar-refractivity contribution in [1.82, 2.24) is 9.88 Å². The molecular formula is C15H22Cl2N2S. The Hall–Kier alpha value is -0.0900. The Morgan fingerprint density at radius 2 is 1.70 bits per heavy atom. The fourth-order valence-electron chi connectivity index (χ4n) is 2.89. The minimum atomic E-state index is 0. The second-order valence-electron chi connectivity index (χ2n) is 5.93. The van der Waals surface area contributed by atoms with Gasteiger partial charge in [-0.3, -0.25) is 4.90 Å². The molecule has 112 valence electrons. The number of rotatable bonds is 3. The van der Waals surface area contributed by atoms with Crippen molar-refractivity contribution < 1.29 is 0 Å². The zero-order valence-electron chi connectivity index (χ0n) is 11.6. The van der Waals surface area contributed by atoms with Crippen LogP contribution in [-0.2, 0) is 6.54 Å². The van der Waals surface area contributed by atoms with Crippen molar-refractivity contribution in [1.29, 1.82) is 0 Å². The highest BCUT2D eigenvalue weighted by atomic mass is 35.5. The van der Waals surface area contributed by atoms with Crippen molar-refractivity contribution in [3.8, 4) is 0 Å². The van der Waals surface area contributed by atoms with Crippen LogP contribution in [-0.4, -0.2) is 23.0 Å². The minimum Gasteiger partial charge on any atom is -0.297 e. The molecule has 0 atom stereocenters. The first-order valence-corrected chi connectivity index (χ1v) is 8.13. The van der Waals surface area contributed by atoms with E-state index in [0.717, 1.165) is 12.5 Å². The summed E-state index contributed by atoms with van der Waals surface area (Å²) in [5, 5.41) is 3.67. The van der Waals surface area contributed by atoms with Crippen LogP contribution in [0.3, 0.4) is 0 Å². The first-order chi connectivity index (χ1) is 8.88. The van der Waals surface area contributed by atoms with Gasteiger partial charge in [-0.25, -0.2) is 4.98 Å². The maximum Gasteiger partial charge on any atom is 0.0959 e. The van der Waals surface area contributed by atoms with Gasteiger partial charge in [0.25, 0.3) is 0 Å². The van der Waals surface area contributed by atoms with Crippen LogP contribution in [0.5, 0.6) is 0 Å². The smallest absolute Gasteiger partial charge is 0.0959 e. The van der Waals surface area contributed by atoms with Crippen LogP contribution in [0.15, 0.2) is 16.5 Å². The summed E-state index contributed by atoms with van der Waals surface area (Å²) in [5.41, 5.74) is 4.87. The summed E-state index contributed by atoms with van der Waals surface area (Å²) in [6.45, 7) is 3.57. The van der Waals surface area contributed by atoms with E-state index in [4.69, 9.17) is 4.98 Å². The highest BCUT2D eigenvalue weighted by molar-refractivity contribution is 7.09. The van der Waals surface area contributed by atoms with Crippen LogP contribution in [0, 0.1) is 0 Å². The van der Waals surface area contributed by atoms with Crippen molar-refractivity contribution in [2.24, 2.45) is 0 Å². The Bertz CT molecular complexity index is 478. The fraction of sp³-hybridized carbons (Fsp3) is 0.667. The summed E-state index contributed by atoms with van der Waals surface area (Å²) < 4.78 is 0. The van der Waals surface area contributed by atoms with Crippen molar-refractivity contribution in [3.05, 3.63) is 27.2 Å². The minimum absolute atomic E-state index is 0. The Balaban J connectivity index is 0.000000735.